The largest absolute Gasteiger partial charge is 0.394 e. The van der Waals surface area contributed by atoms with Gasteiger partial charge in [-0.3, -0.25) is 52.7 Å². The van der Waals surface area contributed by atoms with E-state index in [0.717, 1.165) is 25.7 Å². The highest BCUT2D eigenvalue weighted by molar-refractivity contribution is 5.99. The lowest BCUT2D eigenvalue weighted by atomic mass is 10.0. The number of benzene rings is 1. The predicted octanol–water partition coefficient (Wildman–Crippen LogP) is -5.85. The number of nitrogens with one attached hydrogen (secondary N) is 11. The molecule has 0 radical (unpaired) electrons. The van der Waals surface area contributed by atoms with Crippen LogP contribution in [0, 0.1) is 5.92 Å². The molecule has 29 heteroatoms. The maximum Gasteiger partial charge on any atom is 0.245 e. The molecule has 1 heterocycles. The molecule has 22 N–H and O–H groups in total. The molecule has 0 aromatic heterocycles. The molecule has 0 spiro atoms. The summed E-state index contributed by atoms with van der Waals surface area (Å²) in [6, 6.07) is -6.88. The van der Waals surface area contributed by atoms with Crippen molar-refractivity contribution >= 4 is 65.0 Å². The van der Waals surface area contributed by atoms with E-state index >= 15 is 0 Å². The average molecular weight is 1180 g/mol. The fraction of sp³-hybridized carbons (Fsp3) is 0.685. The zero-order chi connectivity index (χ0) is 62.2. The molecular weight excluding hydrogens is 1080 g/mol. The molecule has 83 heavy (non-hydrogen) atoms. The van der Waals surface area contributed by atoms with Crippen molar-refractivity contribution in [2.45, 2.75) is 191 Å². The lowest BCUT2D eigenvalue weighted by molar-refractivity contribution is -0.137. The van der Waals surface area contributed by atoms with Crippen LogP contribution < -0.4 is 81.4 Å². The molecule has 29 nitrogen and oxygen atoms in total. The van der Waals surface area contributed by atoms with E-state index in [1.165, 1.54) is 13.8 Å². The summed E-state index contributed by atoms with van der Waals surface area (Å²) in [4.78, 5) is 153. The van der Waals surface area contributed by atoms with Gasteiger partial charge >= 0.3 is 0 Å². The lowest BCUT2D eigenvalue weighted by Gasteiger charge is -2.29. The van der Waals surface area contributed by atoms with Crippen molar-refractivity contribution in [1.29, 1.82) is 0 Å². The molecule has 1 saturated heterocycles. The Morgan fingerprint density at radius 3 is 1.66 bits per heavy atom. The van der Waals surface area contributed by atoms with Gasteiger partial charge in [-0.15, -0.1) is 0 Å². The summed E-state index contributed by atoms with van der Waals surface area (Å²) >= 11 is 0. The van der Waals surface area contributed by atoms with Crippen LogP contribution in [0.4, 0.5) is 0 Å². The maximum absolute atomic E-state index is 14.5. The molecular formula is C54H93N15O14. The molecule has 0 bridgehead atoms. The Bertz CT molecular complexity index is 2260. The van der Waals surface area contributed by atoms with Crippen LogP contribution in [0.3, 0.4) is 0 Å². The van der Waals surface area contributed by atoms with Gasteiger partial charge in [-0.05, 0) is 96.5 Å². The van der Waals surface area contributed by atoms with Crippen molar-refractivity contribution in [2.24, 2.45) is 28.9 Å². The van der Waals surface area contributed by atoms with E-state index in [9.17, 15) is 68.1 Å². The van der Waals surface area contributed by atoms with Gasteiger partial charge in [0.05, 0.1) is 18.8 Å². The highest BCUT2D eigenvalue weighted by atomic mass is 16.3. The van der Waals surface area contributed by atoms with Gasteiger partial charge in [-0.25, -0.2) is 0 Å². The van der Waals surface area contributed by atoms with Gasteiger partial charge in [0.2, 0.25) is 65.0 Å². The molecule has 468 valence electrons. The SMILES string of the molecule is CCCCCCCC(=O)N[C@@H](CCN)C(=O)N[C@H](C(=O)N[C@@H](CCN)C(=O)N[C@H]1CCNC(=O)[C@H]([C@@H](C)O)NC(=O)[C@H](CCN)NC(=O)[C@H](CO)NC(=O)[C@H](CC(C)C)NC(=O)[C@@H](Cc2ccccc2)NC(=O)[C@H](CCN)NC1=O)[C@@H](C)O. The summed E-state index contributed by atoms with van der Waals surface area (Å²) < 4.78 is 0. The fourth-order valence-corrected chi connectivity index (χ4v) is 8.79. The average Bonchev–Trinajstić information content (AvgIpc) is 3.47. The maximum atomic E-state index is 14.5. The molecule has 0 unspecified atom stereocenters. The first-order chi connectivity index (χ1) is 39.4. The van der Waals surface area contributed by atoms with E-state index < -0.39 is 157 Å². The first-order valence-electron chi connectivity index (χ1n) is 28.6. The molecule has 11 amide bonds. The smallest absolute Gasteiger partial charge is 0.245 e. The summed E-state index contributed by atoms with van der Waals surface area (Å²) in [6.07, 6.45) is -0.0581. The lowest BCUT2D eigenvalue weighted by Crippen LogP contribution is -2.62. The van der Waals surface area contributed by atoms with Crippen LogP contribution in [-0.2, 0) is 59.2 Å². The van der Waals surface area contributed by atoms with Gasteiger partial charge < -0.3 is 96.7 Å². The van der Waals surface area contributed by atoms with Crippen molar-refractivity contribution in [1.82, 2.24) is 58.5 Å². The Labute approximate surface area is 485 Å². The first-order valence-corrected chi connectivity index (χ1v) is 28.6. The van der Waals surface area contributed by atoms with Gasteiger partial charge in [0.25, 0.3) is 0 Å². The van der Waals surface area contributed by atoms with Crippen molar-refractivity contribution in [3.05, 3.63) is 35.9 Å². The molecule has 1 aliphatic rings. The second-order valence-corrected chi connectivity index (χ2v) is 21.1. The number of aliphatic hydroxyl groups is 3. The molecule has 0 saturated carbocycles. The van der Waals surface area contributed by atoms with E-state index in [2.05, 4.69) is 65.4 Å². The topological polar surface area (TPSA) is 485 Å². The number of rotatable bonds is 28. The van der Waals surface area contributed by atoms with Crippen LogP contribution in [0.1, 0.15) is 117 Å². The van der Waals surface area contributed by atoms with E-state index in [1.54, 1.807) is 44.2 Å². The second-order valence-electron chi connectivity index (χ2n) is 21.1. The third-order valence-corrected chi connectivity index (χ3v) is 13.4. The van der Waals surface area contributed by atoms with Crippen LogP contribution in [0.2, 0.25) is 0 Å². The number of nitrogens with two attached hydrogens (primary N) is 4. The Kier molecular flexibility index (Phi) is 33.8. The predicted molar refractivity (Wildman–Crippen MR) is 305 cm³/mol. The monoisotopic (exact) mass is 1180 g/mol. The first kappa shape index (κ1) is 72.2. The second kappa shape index (κ2) is 38.8. The van der Waals surface area contributed by atoms with Crippen molar-refractivity contribution in [2.75, 3.05) is 39.3 Å². The van der Waals surface area contributed by atoms with Crippen molar-refractivity contribution < 1.29 is 68.1 Å². The molecule has 2 rings (SSSR count). The Morgan fingerprint density at radius 1 is 0.590 bits per heavy atom. The molecule has 1 aliphatic heterocycles. The number of unbranched alkanes of at least 4 members (excludes halogenated alkanes) is 4. The number of amides is 11. The molecule has 1 aromatic carbocycles. The van der Waals surface area contributed by atoms with E-state index in [-0.39, 0.29) is 77.0 Å². The Balaban J connectivity index is 2.67. The van der Waals surface area contributed by atoms with E-state index in [0.29, 0.717) is 12.0 Å². The van der Waals surface area contributed by atoms with Gasteiger partial charge in [0, 0.05) is 19.4 Å². The normalized spacial score (nSPS) is 22.8. The third kappa shape index (κ3) is 26.1. The molecule has 1 aromatic rings. The number of carbonyl (C=O) groups excluding carboxylic acids is 11. The quantitative estimate of drug-likeness (QED) is 0.0348. The summed E-state index contributed by atoms with van der Waals surface area (Å²) in [5.41, 5.74) is 23.9. The minimum atomic E-state index is -1.72. The minimum absolute atomic E-state index is 0.00717. The van der Waals surface area contributed by atoms with E-state index in [4.69, 9.17) is 22.9 Å². The standard InChI is InChI=1S/C54H93N15O14/c1-6-7-8-9-13-16-42(73)60-34(17-22-55)48(77)69-44(32(5)72)54(83)64-36(19-24-57)45(74)63-38-21-26-59-53(82)43(31(4)71)68-49(78)37(20-25-58)62-52(81)41(29-70)67-50(79)39(27-30(2)3)65-51(80)40(28-33-14-11-10-12-15-33)66-46(75)35(18-23-56)61-47(38)76/h10-12,14-15,30-32,34-41,43-44,70-72H,6-9,13,16-29,55-58H2,1-5H3,(H,59,82)(H,60,73)(H,61,76)(H,62,81)(H,63,74)(H,64,83)(H,65,80)(H,66,75)(H,67,79)(H,68,78)(H,69,77)/t31-,32-,34+,35+,36+,37+,38+,39+,40-,41+,43+,44+/m1/s1. The van der Waals surface area contributed by atoms with Gasteiger partial charge in [0.15, 0.2) is 0 Å². The Morgan fingerprint density at radius 2 is 1.11 bits per heavy atom. The van der Waals surface area contributed by atoms with Gasteiger partial charge in [-0.1, -0.05) is 76.8 Å². The summed E-state index contributed by atoms with van der Waals surface area (Å²) in [5.74, 6) is -10.5. The van der Waals surface area contributed by atoms with Crippen molar-refractivity contribution in [3.8, 4) is 0 Å². The highest BCUT2D eigenvalue weighted by Crippen LogP contribution is 2.12. The summed E-state index contributed by atoms with van der Waals surface area (Å²) in [7, 11) is 0. The molecule has 12 atom stereocenters. The molecule has 0 aliphatic carbocycles. The van der Waals surface area contributed by atoms with Crippen LogP contribution in [-0.4, -0.2) is 192 Å². The van der Waals surface area contributed by atoms with Crippen LogP contribution in [0.15, 0.2) is 30.3 Å². The number of hydrogen-bond donors (Lipinski definition) is 18. The van der Waals surface area contributed by atoms with Crippen molar-refractivity contribution in [3.63, 3.8) is 0 Å². The van der Waals surface area contributed by atoms with Crippen LogP contribution in [0.5, 0.6) is 0 Å². The van der Waals surface area contributed by atoms with Crippen LogP contribution in [0.25, 0.3) is 0 Å². The zero-order valence-electron chi connectivity index (χ0n) is 48.5. The number of hydrogen-bond acceptors (Lipinski definition) is 18. The highest BCUT2D eigenvalue weighted by Gasteiger charge is 2.37. The van der Waals surface area contributed by atoms with Crippen LogP contribution >= 0.6 is 0 Å². The zero-order valence-corrected chi connectivity index (χ0v) is 48.5. The summed E-state index contributed by atoms with van der Waals surface area (Å²) in [5, 5.41) is 59.3. The number of aliphatic hydroxyl groups excluding tert-OH is 3. The Hall–Kier alpha value is -6.89. The summed E-state index contributed by atoms with van der Waals surface area (Å²) in [6.45, 7) is 5.83. The molecule has 1 fully saturated rings. The minimum Gasteiger partial charge on any atom is -0.394 e. The van der Waals surface area contributed by atoms with Gasteiger partial charge in [0.1, 0.15) is 60.4 Å². The third-order valence-electron chi connectivity index (χ3n) is 13.4. The number of carbonyl (C=O) groups is 11. The van der Waals surface area contributed by atoms with E-state index in [1.807, 2.05) is 0 Å². The fourth-order valence-electron chi connectivity index (χ4n) is 8.79. The van der Waals surface area contributed by atoms with Gasteiger partial charge in [-0.2, -0.15) is 0 Å².